The van der Waals surface area contributed by atoms with E-state index in [4.69, 9.17) is 16.3 Å². The van der Waals surface area contributed by atoms with E-state index in [0.717, 1.165) is 28.3 Å². The van der Waals surface area contributed by atoms with Crippen molar-refractivity contribution in [2.75, 3.05) is 27.7 Å². The molecule has 0 heterocycles. The molecule has 3 unspecified atom stereocenters. The van der Waals surface area contributed by atoms with Gasteiger partial charge in [0.1, 0.15) is 5.75 Å². The molecule has 1 saturated carbocycles. The molecule has 1 aliphatic carbocycles. The van der Waals surface area contributed by atoms with Crippen LogP contribution in [0.15, 0.2) is 48.5 Å². The predicted molar refractivity (Wildman–Crippen MR) is 105 cm³/mol. The van der Waals surface area contributed by atoms with E-state index in [2.05, 4.69) is 10.2 Å². The summed E-state index contributed by atoms with van der Waals surface area (Å²) >= 11 is 6.06. The van der Waals surface area contributed by atoms with Crippen LogP contribution >= 0.6 is 11.6 Å². The van der Waals surface area contributed by atoms with Crippen LogP contribution in [0.5, 0.6) is 5.75 Å². The average Bonchev–Trinajstić information content (AvgIpc) is 3.43. The highest BCUT2D eigenvalue weighted by molar-refractivity contribution is 6.30. The molecule has 1 N–H and O–H groups in total. The van der Waals surface area contributed by atoms with Crippen LogP contribution in [0.25, 0.3) is 0 Å². The summed E-state index contributed by atoms with van der Waals surface area (Å²) in [4.78, 5) is 14.7. The first-order valence-electron chi connectivity index (χ1n) is 8.83. The van der Waals surface area contributed by atoms with Gasteiger partial charge < -0.3 is 15.0 Å². The molecule has 3 rings (SSSR count). The molecule has 0 aliphatic heterocycles. The average molecular weight is 373 g/mol. The van der Waals surface area contributed by atoms with Crippen LogP contribution in [-0.2, 0) is 4.79 Å². The number of nitrogens with one attached hydrogen (secondary N) is 1. The molecule has 1 amide bonds. The highest BCUT2D eigenvalue weighted by Gasteiger charge is 2.44. The van der Waals surface area contributed by atoms with Crippen molar-refractivity contribution < 1.29 is 9.53 Å². The topological polar surface area (TPSA) is 41.6 Å². The van der Waals surface area contributed by atoms with Crippen molar-refractivity contribution in [2.45, 2.75) is 18.4 Å². The van der Waals surface area contributed by atoms with Crippen LogP contribution in [0.1, 0.15) is 29.5 Å². The third-order valence-electron chi connectivity index (χ3n) is 5.00. The Hall–Kier alpha value is -2.04. The normalized spacial score (nSPS) is 19.9. The molecule has 0 aromatic heterocycles. The summed E-state index contributed by atoms with van der Waals surface area (Å²) in [5.41, 5.74) is 2.30. The number of halogens is 1. The molecule has 0 bridgehead atoms. The molecular weight excluding hydrogens is 348 g/mol. The van der Waals surface area contributed by atoms with Gasteiger partial charge in [-0.15, -0.1) is 0 Å². The van der Waals surface area contributed by atoms with Gasteiger partial charge in [0.15, 0.2) is 0 Å². The standard InChI is InChI=1S/C21H25ClN2O2/c1-24(2)20(14-7-9-17(26-3)10-8-14)13-23-21(25)19-12-18(19)15-5-4-6-16(22)11-15/h4-11,18-20H,12-13H2,1-3H3,(H,23,25). The summed E-state index contributed by atoms with van der Waals surface area (Å²) < 4.78 is 5.22. The Labute approximate surface area is 160 Å². The van der Waals surface area contributed by atoms with Crippen molar-refractivity contribution in [2.24, 2.45) is 5.92 Å². The van der Waals surface area contributed by atoms with Gasteiger partial charge in [0.05, 0.1) is 13.2 Å². The molecular formula is C21H25ClN2O2. The van der Waals surface area contributed by atoms with Gasteiger partial charge in [-0.3, -0.25) is 4.79 Å². The number of hydrogen-bond acceptors (Lipinski definition) is 3. The molecule has 0 radical (unpaired) electrons. The number of ether oxygens (including phenoxy) is 1. The van der Waals surface area contributed by atoms with E-state index in [9.17, 15) is 4.79 Å². The van der Waals surface area contributed by atoms with Gasteiger partial charge in [-0.2, -0.15) is 0 Å². The summed E-state index contributed by atoms with van der Waals surface area (Å²) in [5, 5.41) is 3.85. The molecule has 138 valence electrons. The zero-order valence-corrected chi connectivity index (χ0v) is 16.2. The molecule has 2 aromatic carbocycles. The smallest absolute Gasteiger partial charge is 0.223 e. The van der Waals surface area contributed by atoms with Crippen molar-refractivity contribution in [1.82, 2.24) is 10.2 Å². The van der Waals surface area contributed by atoms with Gasteiger partial charge in [0.2, 0.25) is 5.91 Å². The van der Waals surface area contributed by atoms with E-state index in [1.165, 1.54) is 0 Å². The van der Waals surface area contributed by atoms with Gasteiger partial charge in [-0.05, 0) is 61.8 Å². The zero-order valence-electron chi connectivity index (χ0n) is 15.4. The van der Waals surface area contributed by atoms with Crippen LogP contribution in [0, 0.1) is 5.92 Å². The summed E-state index contributed by atoms with van der Waals surface area (Å²) in [6, 6.07) is 15.9. The zero-order chi connectivity index (χ0) is 18.7. The Balaban J connectivity index is 1.58. The number of carbonyl (C=O) groups excluding carboxylic acids is 1. The van der Waals surface area contributed by atoms with Gasteiger partial charge in [-0.1, -0.05) is 35.9 Å². The van der Waals surface area contributed by atoms with Gasteiger partial charge >= 0.3 is 0 Å². The summed E-state index contributed by atoms with van der Waals surface area (Å²) in [6.45, 7) is 0.580. The number of nitrogens with zero attached hydrogens (tertiary/aromatic N) is 1. The van der Waals surface area contributed by atoms with Crippen LogP contribution in [0.3, 0.4) is 0 Å². The molecule has 0 saturated heterocycles. The van der Waals surface area contributed by atoms with Crippen molar-refractivity contribution in [3.05, 3.63) is 64.7 Å². The second-order valence-electron chi connectivity index (χ2n) is 7.00. The first-order chi connectivity index (χ1) is 12.5. The van der Waals surface area contributed by atoms with Crippen molar-refractivity contribution in [1.29, 1.82) is 0 Å². The molecule has 0 spiro atoms. The first kappa shape index (κ1) is 18.7. The highest BCUT2D eigenvalue weighted by atomic mass is 35.5. The second-order valence-corrected chi connectivity index (χ2v) is 7.44. The van der Waals surface area contributed by atoms with Crippen molar-refractivity contribution >= 4 is 17.5 Å². The van der Waals surface area contributed by atoms with Gasteiger partial charge in [0.25, 0.3) is 0 Å². The molecule has 1 aliphatic rings. The van der Waals surface area contributed by atoms with Crippen LogP contribution < -0.4 is 10.1 Å². The predicted octanol–water partition coefficient (Wildman–Crippen LogP) is 3.87. The number of likely N-dealkylation sites (N-methyl/N-ethyl adjacent to an activating group) is 1. The van der Waals surface area contributed by atoms with E-state index in [0.29, 0.717) is 6.54 Å². The summed E-state index contributed by atoms with van der Waals surface area (Å²) in [5.74, 6) is 1.28. The molecule has 4 nitrogen and oxygen atoms in total. The number of hydrogen-bond donors (Lipinski definition) is 1. The number of amides is 1. The third-order valence-corrected chi connectivity index (χ3v) is 5.23. The highest BCUT2D eigenvalue weighted by Crippen LogP contribution is 2.48. The van der Waals surface area contributed by atoms with Crippen LogP contribution in [0.4, 0.5) is 0 Å². The Morgan fingerprint density at radius 3 is 2.62 bits per heavy atom. The van der Waals surface area contributed by atoms with E-state index in [-0.39, 0.29) is 23.8 Å². The van der Waals surface area contributed by atoms with Crippen molar-refractivity contribution in [3.63, 3.8) is 0 Å². The lowest BCUT2D eigenvalue weighted by atomic mass is 10.1. The lowest BCUT2D eigenvalue weighted by Crippen LogP contribution is -2.35. The maximum Gasteiger partial charge on any atom is 0.223 e. The quantitative estimate of drug-likeness (QED) is 0.802. The molecule has 1 fully saturated rings. The van der Waals surface area contributed by atoms with E-state index >= 15 is 0 Å². The molecule has 26 heavy (non-hydrogen) atoms. The lowest BCUT2D eigenvalue weighted by molar-refractivity contribution is -0.122. The number of rotatable bonds is 7. The molecule has 5 heteroatoms. The number of methoxy groups -OCH3 is 1. The van der Waals surface area contributed by atoms with E-state index in [1.54, 1.807) is 7.11 Å². The maximum atomic E-state index is 12.6. The third kappa shape index (κ3) is 4.37. The summed E-state index contributed by atoms with van der Waals surface area (Å²) in [7, 11) is 5.70. The largest absolute Gasteiger partial charge is 0.497 e. The monoisotopic (exact) mass is 372 g/mol. The SMILES string of the molecule is COc1ccc(C(CNC(=O)C2CC2c2cccc(Cl)c2)N(C)C)cc1. The Bertz CT molecular complexity index is 761. The van der Waals surface area contributed by atoms with E-state index < -0.39 is 0 Å². The van der Waals surface area contributed by atoms with E-state index in [1.807, 2.05) is 62.6 Å². The Morgan fingerprint density at radius 1 is 1.27 bits per heavy atom. The minimum absolute atomic E-state index is 0.0483. The second kappa shape index (κ2) is 8.11. The minimum atomic E-state index is 0.0483. The fourth-order valence-electron chi connectivity index (χ4n) is 3.34. The number of benzene rings is 2. The fraction of sp³-hybridized carbons (Fsp3) is 0.381. The van der Waals surface area contributed by atoms with Gasteiger partial charge in [0, 0.05) is 17.5 Å². The van der Waals surface area contributed by atoms with Crippen LogP contribution in [-0.4, -0.2) is 38.6 Å². The summed E-state index contributed by atoms with van der Waals surface area (Å²) in [6.07, 6.45) is 0.890. The molecule has 3 atom stereocenters. The number of carbonyl (C=O) groups is 1. The Kier molecular flexibility index (Phi) is 5.84. The van der Waals surface area contributed by atoms with Crippen molar-refractivity contribution in [3.8, 4) is 5.75 Å². The Morgan fingerprint density at radius 2 is 2.00 bits per heavy atom. The minimum Gasteiger partial charge on any atom is -0.497 e. The fourth-order valence-corrected chi connectivity index (χ4v) is 3.54. The molecule has 2 aromatic rings. The lowest BCUT2D eigenvalue weighted by Gasteiger charge is -2.25. The van der Waals surface area contributed by atoms with Gasteiger partial charge in [-0.25, -0.2) is 0 Å². The first-order valence-corrected chi connectivity index (χ1v) is 9.21. The maximum absolute atomic E-state index is 12.6. The van der Waals surface area contributed by atoms with Crippen LogP contribution in [0.2, 0.25) is 5.02 Å².